The molecule has 0 N–H and O–H groups in total. The van der Waals surface area contributed by atoms with Gasteiger partial charge in [-0.2, -0.15) is 0 Å². The predicted molar refractivity (Wildman–Crippen MR) is 88.6 cm³/mol. The Kier molecular flexibility index (Phi) is 4.88. The van der Waals surface area contributed by atoms with Gasteiger partial charge in [0.2, 0.25) is 5.91 Å². The van der Waals surface area contributed by atoms with Crippen LogP contribution < -0.4 is 4.90 Å². The van der Waals surface area contributed by atoms with Crippen LogP contribution in [0.2, 0.25) is 0 Å². The summed E-state index contributed by atoms with van der Waals surface area (Å²) in [6.45, 7) is -0.342. The summed E-state index contributed by atoms with van der Waals surface area (Å²) < 4.78 is 18.9. The summed E-state index contributed by atoms with van der Waals surface area (Å²) in [6.07, 6.45) is -0.0628. The third-order valence-corrected chi connectivity index (χ3v) is 4.04. The molecular formula is C19H16FNO4. The highest BCUT2D eigenvalue weighted by molar-refractivity contribution is 6.01. The Morgan fingerprint density at radius 2 is 1.76 bits per heavy atom. The fourth-order valence-electron chi connectivity index (χ4n) is 2.73. The number of carbonyl (C=O) groups excluding carboxylic acids is 3. The second-order valence-corrected chi connectivity index (χ2v) is 5.75. The number of para-hydroxylation sites is 1. The molecule has 2 aromatic rings. The molecule has 5 nitrogen and oxygen atoms in total. The molecule has 1 heterocycles. The van der Waals surface area contributed by atoms with Gasteiger partial charge in [-0.05, 0) is 12.1 Å². The van der Waals surface area contributed by atoms with Crippen molar-refractivity contribution < 1.29 is 23.5 Å². The van der Waals surface area contributed by atoms with Crippen molar-refractivity contribution in [3.8, 4) is 0 Å². The first-order valence-corrected chi connectivity index (χ1v) is 7.86. The summed E-state index contributed by atoms with van der Waals surface area (Å²) in [4.78, 5) is 37.4. The van der Waals surface area contributed by atoms with Crippen molar-refractivity contribution in [1.82, 2.24) is 0 Å². The van der Waals surface area contributed by atoms with E-state index in [4.69, 9.17) is 4.74 Å². The molecule has 1 amide bonds. The largest absolute Gasteiger partial charge is 0.457 e. The number of ether oxygens (including phenoxy) is 1. The van der Waals surface area contributed by atoms with Crippen molar-refractivity contribution in [2.45, 2.75) is 6.42 Å². The molecule has 3 rings (SSSR count). The molecule has 1 fully saturated rings. The van der Waals surface area contributed by atoms with E-state index in [-0.39, 0.29) is 37.0 Å². The van der Waals surface area contributed by atoms with Crippen molar-refractivity contribution in [2.75, 3.05) is 18.1 Å². The highest BCUT2D eigenvalue weighted by atomic mass is 19.1. The monoisotopic (exact) mass is 341 g/mol. The third-order valence-electron chi connectivity index (χ3n) is 4.04. The minimum atomic E-state index is -0.712. The number of amides is 1. The van der Waals surface area contributed by atoms with Gasteiger partial charge in [-0.15, -0.1) is 0 Å². The summed E-state index contributed by atoms with van der Waals surface area (Å²) in [5.74, 6) is -2.53. The number of anilines is 1. The van der Waals surface area contributed by atoms with Gasteiger partial charge in [0.15, 0.2) is 12.4 Å². The first-order chi connectivity index (χ1) is 12.1. The molecule has 0 aromatic heterocycles. The van der Waals surface area contributed by atoms with Crippen LogP contribution in [0.4, 0.5) is 10.1 Å². The normalized spacial score (nSPS) is 16.8. The van der Waals surface area contributed by atoms with Gasteiger partial charge >= 0.3 is 5.97 Å². The quantitative estimate of drug-likeness (QED) is 0.619. The molecule has 0 aliphatic carbocycles. The lowest BCUT2D eigenvalue weighted by Gasteiger charge is -2.17. The Hall–Kier alpha value is -3.02. The summed E-state index contributed by atoms with van der Waals surface area (Å²) in [5.41, 5.74) is 0.592. The van der Waals surface area contributed by atoms with E-state index in [1.54, 1.807) is 36.4 Å². The number of halogens is 1. The molecule has 1 aliphatic rings. The van der Waals surface area contributed by atoms with Gasteiger partial charge in [0.25, 0.3) is 0 Å². The molecule has 25 heavy (non-hydrogen) atoms. The lowest BCUT2D eigenvalue weighted by molar-refractivity contribution is -0.147. The van der Waals surface area contributed by atoms with Crippen LogP contribution in [-0.2, 0) is 14.3 Å². The number of carbonyl (C=O) groups is 3. The Labute approximate surface area is 144 Å². The van der Waals surface area contributed by atoms with Crippen LogP contribution in [0.5, 0.6) is 0 Å². The lowest BCUT2D eigenvalue weighted by atomic mass is 10.1. The molecule has 1 saturated heterocycles. The highest BCUT2D eigenvalue weighted by Gasteiger charge is 2.37. The topological polar surface area (TPSA) is 63.7 Å². The van der Waals surface area contributed by atoms with E-state index in [1.807, 2.05) is 0 Å². The zero-order valence-electron chi connectivity index (χ0n) is 13.4. The van der Waals surface area contributed by atoms with E-state index in [0.717, 1.165) is 0 Å². The van der Waals surface area contributed by atoms with Gasteiger partial charge in [-0.25, -0.2) is 4.39 Å². The molecule has 1 atom stereocenters. The smallest absolute Gasteiger partial charge is 0.311 e. The Bertz CT molecular complexity index is 806. The average molecular weight is 341 g/mol. The zero-order valence-corrected chi connectivity index (χ0v) is 13.4. The number of nitrogens with zero attached hydrogens (tertiary/aromatic N) is 1. The number of rotatable bonds is 5. The van der Waals surface area contributed by atoms with Gasteiger partial charge in [-0.1, -0.05) is 42.5 Å². The number of hydrogen-bond acceptors (Lipinski definition) is 4. The van der Waals surface area contributed by atoms with E-state index >= 15 is 0 Å². The van der Waals surface area contributed by atoms with E-state index in [1.165, 1.54) is 23.1 Å². The number of benzene rings is 2. The van der Waals surface area contributed by atoms with Gasteiger partial charge < -0.3 is 9.64 Å². The molecule has 2 aromatic carbocycles. The molecule has 6 heteroatoms. The average Bonchev–Trinajstić information content (AvgIpc) is 3.02. The molecule has 0 saturated carbocycles. The maximum absolute atomic E-state index is 13.8. The lowest BCUT2D eigenvalue weighted by Crippen LogP contribution is -2.27. The third kappa shape index (κ3) is 3.74. The Morgan fingerprint density at radius 3 is 2.48 bits per heavy atom. The maximum atomic E-state index is 13.8. The van der Waals surface area contributed by atoms with E-state index in [0.29, 0.717) is 5.56 Å². The molecular weight excluding hydrogens is 325 g/mol. The van der Waals surface area contributed by atoms with Crippen LogP contribution in [0, 0.1) is 11.7 Å². The summed E-state index contributed by atoms with van der Waals surface area (Å²) >= 11 is 0. The van der Waals surface area contributed by atoms with Crippen molar-refractivity contribution in [3.05, 3.63) is 66.0 Å². The fraction of sp³-hybridized carbons (Fsp3) is 0.211. The first kappa shape index (κ1) is 16.8. The molecule has 0 spiro atoms. The van der Waals surface area contributed by atoms with Gasteiger partial charge in [-0.3, -0.25) is 14.4 Å². The molecule has 0 bridgehead atoms. The standard InChI is InChI=1S/C19H16FNO4/c20-15-8-4-5-9-16(15)21-11-14(10-18(21)23)19(24)25-12-17(22)13-6-2-1-3-7-13/h1-9,14H,10-12H2/t14-/m0/s1. The molecule has 0 radical (unpaired) electrons. The zero-order chi connectivity index (χ0) is 17.8. The summed E-state index contributed by atoms with van der Waals surface area (Å²) in [6, 6.07) is 14.4. The minimum Gasteiger partial charge on any atom is -0.457 e. The van der Waals surface area contributed by atoms with Crippen LogP contribution in [0.3, 0.4) is 0 Å². The number of hydrogen-bond donors (Lipinski definition) is 0. The number of Topliss-reactive ketones (excluding diaryl/α,β-unsaturated/α-hetero) is 1. The van der Waals surface area contributed by atoms with Crippen LogP contribution in [-0.4, -0.2) is 30.8 Å². The van der Waals surface area contributed by atoms with Crippen LogP contribution >= 0.6 is 0 Å². The predicted octanol–water partition coefficient (Wildman–Crippen LogP) is 2.60. The summed E-state index contributed by atoms with van der Waals surface area (Å²) in [7, 11) is 0. The van der Waals surface area contributed by atoms with Gasteiger partial charge in [0.1, 0.15) is 5.82 Å². The fourth-order valence-corrected chi connectivity index (χ4v) is 2.73. The summed E-state index contributed by atoms with van der Waals surface area (Å²) in [5, 5.41) is 0. The minimum absolute atomic E-state index is 0.0398. The van der Waals surface area contributed by atoms with Crippen molar-refractivity contribution in [1.29, 1.82) is 0 Å². The van der Waals surface area contributed by atoms with Crippen LogP contribution in [0.1, 0.15) is 16.8 Å². The SMILES string of the molecule is O=C(COC(=O)[C@H]1CC(=O)N(c2ccccc2F)C1)c1ccccc1. The van der Waals surface area contributed by atoms with Crippen LogP contribution in [0.15, 0.2) is 54.6 Å². The molecule has 0 unspecified atom stereocenters. The maximum Gasteiger partial charge on any atom is 0.311 e. The van der Waals surface area contributed by atoms with Crippen molar-refractivity contribution in [3.63, 3.8) is 0 Å². The second-order valence-electron chi connectivity index (χ2n) is 5.75. The number of esters is 1. The van der Waals surface area contributed by atoms with Crippen LogP contribution in [0.25, 0.3) is 0 Å². The number of ketones is 1. The van der Waals surface area contributed by atoms with Gasteiger partial charge in [0, 0.05) is 18.5 Å². The molecule has 128 valence electrons. The van der Waals surface area contributed by atoms with Crippen molar-refractivity contribution >= 4 is 23.3 Å². The Balaban J connectivity index is 1.60. The van der Waals surface area contributed by atoms with Crippen molar-refractivity contribution in [2.24, 2.45) is 5.92 Å². The second kappa shape index (κ2) is 7.25. The molecule has 1 aliphatic heterocycles. The van der Waals surface area contributed by atoms with E-state index in [2.05, 4.69) is 0 Å². The van der Waals surface area contributed by atoms with E-state index < -0.39 is 17.7 Å². The Morgan fingerprint density at radius 1 is 1.08 bits per heavy atom. The first-order valence-electron chi connectivity index (χ1n) is 7.86. The highest BCUT2D eigenvalue weighted by Crippen LogP contribution is 2.27. The van der Waals surface area contributed by atoms with E-state index in [9.17, 15) is 18.8 Å². The van der Waals surface area contributed by atoms with Gasteiger partial charge in [0.05, 0.1) is 11.6 Å².